The number of methoxy groups -OCH3 is 1. The van der Waals surface area contributed by atoms with Gasteiger partial charge in [-0.3, -0.25) is 4.79 Å². The van der Waals surface area contributed by atoms with Gasteiger partial charge in [-0.2, -0.15) is 0 Å². The lowest BCUT2D eigenvalue weighted by Gasteiger charge is -2.21. The van der Waals surface area contributed by atoms with Crippen LogP contribution in [0.4, 0.5) is 11.4 Å². The summed E-state index contributed by atoms with van der Waals surface area (Å²) in [4.78, 5) is 23.7. The van der Waals surface area contributed by atoms with Crippen LogP contribution in [0.3, 0.4) is 0 Å². The lowest BCUT2D eigenvalue weighted by molar-refractivity contribution is -0.140. The molecule has 1 rings (SSSR count). The van der Waals surface area contributed by atoms with Crippen molar-refractivity contribution in [3.05, 3.63) is 23.8 Å². The number of nitrogen functional groups attached to an aromatic ring is 1. The second-order valence-electron chi connectivity index (χ2n) is 4.18. The van der Waals surface area contributed by atoms with E-state index in [9.17, 15) is 9.59 Å². The second kappa shape index (κ2) is 6.63. The summed E-state index contributed by atoms with van der Waals surface area (Å²) in [6, 6.07) is 4.59. The maximum absolute atomic E-state index is 11.0. The van der Waals surface area contributed by atoms with Crippen molar-refractivity contribution in [2.75, 3.05) is 31.3 Å². The van der Waals surface area contributed by atoms with Gasteiger partial charge in [-0.15, -0.1) is 0 Å². The summed E-state index contributed by atoms with van der Waals surface area (Å²) in [6.07, 6.45) is 0.983. The Morgan fingerprint density at radius 1 is 1.42 bits per heavy atom. The Labute approximate surface area is 111 Å². The molecule has 6 heteroatoms. The van der Waals surface area contributed by atoms with Gasteiger partial charge < -0.3 is 20.5 Å². The third-order valence-corrected chi connectivity index (χ3v) is 2.79. The first-order chi connectivity index (χ1) is 8.95. The Bertz CT molecular complexity index is 474. The molecule has 0 aliphatic carbocycles. The molecule has 0 fully saturated rings. The first-order valence-corrected chi connectivity index (χ1v) is 5.86. The van der Waals surface area contributed by atoms with Crippen molar-refractivity contribution in [3.8, 4) is 0 Å². The molecule has 0 amide bonds. The van der Waals surface area contributed by atoms with E-state index in [0.717, 1.165) is 5.69 Å². The zero-order valence-corrected chi connectivity index (χ0v) is 11.0. The third-order valence-electron chi connectivity index (χ3n) is 2.79. The summed E-state index contributed by atoms with van der Waals surface area (Å²) in [5.74, 6) is -1.26. The zero-order valence-electron chi connectivity index (χ0n) is 11.0. The standard InChI is InChI=1S/C13H18N2O4/c1-15(7-3-4-12(16)19-2)11-6-5-9(13(17)18)8-10(11)14/h5-6,8H,3-4,7,14H2,1-2H3,(H,17,18). The van der Waals surface area contributed by atoms with Gasteiger partial charge in [0.05, 0.1) is 24.0 Å². The number of carbonyl (C=O) groups excluding carboxylic acids is 1. The molecule has 6 nitrogen and oxygen atoms in total. The van der Waals surface area contributed by atoms with Crippen LogP contribution in [0.15, 0.2) is 18.2 Å². The van der Waals surface area contributed by atoms with Gasteiger partial charge in [0, 0.05) is 20.0 Å². The molecule has 0 spiro atoms. The minimum absolute atomic E-state index is 0.157. The maximum atomic E-state index is 11.0. The van der Waals surface area contributed by atoms with Crippen LogP contribution in [-0.2, 0) is 9.53 Å². The van der Waals surface area contributed by atoms with E-state index in [1.165, 1.54) is 19.2 Å². The number of rotatable bonds is 6. The Balaban J connectivity index is 2.64. The molecule has 0 unspecified atom stereocenters. The number of ether oxygens (including phenoxy) is 1. The summed E-state index contributed by atoms with van der Waals surface area (Å²) in [7, 11) is 3.19. The monoisotopic (exact) mass is 266 g/mol. The number of hydrogen-bond donors (Lipinski definition) is 2. The first-order valence-electron chi connectivity index (χ1n) is 5.86. The van der Waals surface area contributed by atoms with Crippen molar-refractivity contribution in [1.82, 2.24) is 0 Å². The van der Waals surface area contributed by atoms with Gasteiger partial charge in [0.1, 0.15) is 0 Å². The maximum Gasteiger partial charge on any atom is 0.335 e. The molecule has 0 aromatic heterocycles. The Morgan fingerprint density at radius 3 is 2.63 bits per heavy atom. The Hall–Kier alpha value is -2.24. The number of esters is 1. The van der Waals surface area contributed by atoms with Gasteiger partial charge in [0.15, 0.2) is 0 Å². The van der Waals surface area contributed by atoms with E-state index in [2.05, 4.69) is 4.74 Å². The fraction of sp³-hybridized carbons (Fsp3) is 0.385. The van der Waals surface area contributed by atoms with Crippen molar-refractivity contribution in [2.24, 2.45) is 0 Å². The SMILES string of the molecule is COC(=O)CCCN(C)c1ccc(C(=O)O)cc1N. The fourth-order valence-electron chi connectivity index (χ4n) is 1.72. The number of hydrogen-bond acceptors (Lipinski definition) is 5. The van der Waals surface area contributed by atoms with Gasteiger partial charge >= 0.3 is 11.9 Å². The van der Waals surface area contributed by atoms with Crippen molar-refractivity contribution < 1.29 is 19.4 Å². The topological polar surface area (TPSA) is 92.9 Å². The number of anilines is 2. The van der Waals surface area contributed by atoms with Crippen LogP contribution >= 0.6 is 0 Å². The molecule has 0 saturated carbocycles. The van der Waals surface area contributed by atoms with E-state index in [1.807, 2.05) is 11.9 Å². The van der Waals surface area contributed by atoms with Crippen LogP contribution in [0.1, 0.15) is 23.2 Å². The van der Waals surface area contributed by atoms with E-state index in [0.29, 0.717) is 25.1 Å². The van der Waals surface area contributed by atoms with E-state index in [1.54, 1.807) is 6.07 Å². The molecule has 1 aromatic rings. The highest BCUT2D eigenvalue weighted by Crippen LogP contribution is 2.23. The van der Waals surface area contributed by atoms with Crippen LogP contribution in [0.5, 0.6) is 0 Å². The second-order valence-corrected chi connectivity index (χ2v) is 4.18. The summed E-state index contributed by atoms with van der Waals surface area (Å²) in [6.45, 7) is 0.631. The van der Waals surface area contributed by atoms with Crippen molar-refractivity contribution in [2.45, 2.75) is 12.8 Å². The normalized spacial score (nSPS) is 10.0. The molecular formula is C13H18N2O4. The van der Waals surface area contributed by atoms with Crippen LogP contribution in [0.2, 0.25) is 0 Å². The molecular weight excluding hydrogens is 248 g/mol. The highest BCUT2D eigenvalue weighted by Gasteiger charge is 2.10. The molecule has 0 bridgehead atoms. The highest BCUT2D eigenvalue weighted by molar-refractivity contribution is 5.90. The molecule has 1 aromatic carbocycles. The molecule has 104 valence electrons. The number of carboxylic acids is 1. The number of nitrogens with two attached hydrogens (primary N) is 1. The third kappa shape index (κ3) is 4.17. The minimum atomic E-state index is -1.01. The number of aromatic carboxylic acids is 1. The van der Waals surface area contributed by atoms with E-state index < -0.39 is 5.97 Å². The van der Waals surface area contributed by atoms with Gasteiger partial charge in [-0.05, 0) is 24.6 Å². The van der Waals surface area contributed by atoms with Gasteiger partial charge in [0.2, 0.25) is 0 Å². The van der Waals surface area contributed by atoms with Crippen LogP contribution in [-0.4, -0.2) is 37.7 Å². The number of nitrogens with zero attached hydrogens (tertiary/aromatic N) is 1. The molecule has 0 saturated heterocycles. The highest BCUT2D eigenvalue weighted by atomic mass is 16.5. The Kier molecular flexibility index (Phi) is 5.17. The molecule has 0 heterocycles. The number of benzene rings is 1. The molecule has 0 radical (unpaired) electrons. The van der Waals surface area contributed by atoms with Crippen molar-refractivity contribution >= 4 is 23.3 Å². The van der Waals surface area contributed by atoms with Gasteiger partial charge in [0.25, 0.3) is 0 Å². The molecule has 19 heavy (non-hydrogen) atoms. The lowest BCUT2D eigenvalue weighted by atomic mass is 10.1. The van der Waals surface area contributed by atoms with Crippen LogP contribution < -0.4 is 10.6 Å². The van der Waals surface area contributed by atoms with Crippen molar-refractivity contribution in [3.63, 3.8) is 0 Å². The summed E-state index contributed by atoms with van der Waals surface area (Å²) in [5.41, 5.74) is 7.13. The lowest BCUT2D eigenvalue weighted by Crippen LogP contribution is -2.21. The predicted octanol–water partition coefficient (Wildman–Crippen LogP) is 1.36. The molecule has 0 aliphatic heterocycles. The Morgan fingerprint density at radius 2 is 2.11 bits per heavy atom. The van der Waals surface area contributed by atoms with Crippen molar-refractivity contribution in [1.29, 1.82) is 0 Å². The van der Waals surface area contributed by atoms with Crippen LogP contribution in [0.25, 0.3) is 0 Å². The number of carboxylic acid groups (broad SMARTS) is 1. The largest absolute Gasteiger partial charge is 0.478 e. The van der Waals surface area contributed by atoms with Gasteiger partial charge in [-0.1, -0.05) is 0 Å². The summed E-state index contributed by atoms with van der Waals surface area (Å²) in [5, 5.41) is 8.85. The fourth-order valence-corrected chi connectivity index (χ4v) is 1.72. The zero-order chi connectivity index (χ0) is 14.4. The first kappa shape index (κ1) is 14.8. The number of carbonyl (C=O) groups is 2. The smallest absolute Gasteiger partial charge is 0.335 e. The summed E-state index contributed by atoms with van der Waals surface area (Å²) >= 11 is 0. The quantitative estimate of drug-likeness (QED) is 0.596. The molecule has 0 atom stereocenters. The predicted molar refractivity (Wildman–Crippen MR) is 72.3 cm³/mol. The van der Waals surface area contributed by atoms with E-state index >= 15 is 0 Å². The molecule has 0 aliphatic rings. The van der Waals surface area contributed by atoms with E-state index in [4.69, 9.17) is 10.8 Å². The summed E-state index contributed by atoms with van der Waals surface area (Å²) < 4.78 is 4.56. The van der Waals surface area contributed by atoms with Gasteiger partial charge in [-0.25, -0.2) is 4.79 Å². The average molecular weight is 266 g/mol. The minimum Gasteiger partial charge on any atom is -0.478 e. The average Bonchev–Trinajstić information content (AvgIpc) is 2.37. The van der Waals surface area contributed by atoms with Crippen LogP contribution in [0, 0.1) is 0 Å². The van der Waals surface area contributed by atoms with E-state index in [-0.39, 0.29) is 11.5 Å². The molecule has 3 N–H and O–H groups in total.